The Bertz CT molecular complexity index is 675. The molecule has 0 aliphatic rings. The highest BCUT2D eigenvalue weighted by atomic mass is 32.1. The van der Waals surface area contributed by atoms with E-state index in [-0.39, 0.29) is 0 Å². The molecule has 0 aliphatic heterocycles. The predicted octanol–water partition coefficient (Wildman–Crippen LogP) is 2.28. The highest BCUT2D eigenvalue weighted by Gasteiger charge is 2.07. The third kappa shape index (κ3) is 2.83. The van der Waals surface area contributed by atoms with Gasteiger partial charge in [-0.25, -0.2) is 4.98 Å². The van der Waals surface area contributed by atoms with E-state index in [4.69, 9.17) is 0 Å². The summed E-state index contributed by atoms with van der Waals surface area (Å²) in [6, 6.07) is 9.83. The Morgan fingerprint density at radius 3 is 2.90 bits per heavy atom. The van der Waals surface area contributed by atoms with Gasteiger partial charge in [-0.3, -0.25) is 0 Å². The number of thiazole rings is 1. The Labute approximate surface area is 120 Å². The monoisotopic (exact) mass is 286 g/mol. The Morgan fingerprint density at radius 2 is 2.10 bits per heavy atom. The Hall–Kier alpha value is -2.28. The molecular formula is C13H14N6S. The number of anilines is 1. The molecule has 0 bridgehead atoms. The molecule has 0 saturated heterocycles. The first-order valence-corrected chi connectivity index (χ1v) is 7.18. The molecular weight excluding hydrogens is 272 g/mol. The number of rotatable bonds is 5. The zero-order chi connectivity index (χ0) is 13.8. The number of nitrogens with one attached hydrogen (secondary N) is 1. The van der Waals surface area contributed by atoms with E-state index in [0.29, 0.717) is 12.4 Å². The topological polar surface area (TPSA) is 68.5 Å². The summed E-state index contributed by atoms with van der Waals surface area (Å²) in [4.78, 5) is 6.97. The molecule has 0 atom stereocenters. The predicted molar refractivity (Wildman–Crippen MR) is 78.6 cm³/mol. The van der Waals surface area contributed by atoms with Crippen LogP contribution in [0.15, 0.2) is 36.5 Å². The van der Waals surface area contributed by atoms with Gasteiger partial charge in [-0.15, -0.1) is 21.5 Å². The summed E-state index contributed by atoms with van der Waals surface area (Å²) in [7, 11) is 0. The van der Waals surface area contributed by atoms with Crippen LogP contribution in [0.25, 0.3) is 11.4 Å². The lowest BCUT2D eigenvalue weighted by Gasteiger charge is -1.95. The second-order valence-electron chi connectivity index (χ2n) is 4.17. The fourth-order valence-corrected chi connectivity index (χ4v) is 2.62. The number of nitrogens with zero attached hydrogens (tertiary/aromatic N) is 5. The van der Waals surface area contributed by atoms with Crippen LogP contribution in [0.1, 0.15) is 11.8 Å². The maximum Gasteiger partial charge on any atom is 0.204 e. The molecule has 2 heterocycles. The Balaban J connectivity index is 1.73. The molecule has 1 aromatic carbocycles. The molecule has 0 spiro atoms. The van der Waals surface area contributed by atoms with Crippen molar-refractivity contribution in [3.63, 3.8) is 0 Å². The lowest BCUT2D eigenvalue weighted by molar-refractivity contribution is 0.577. The minimum absolute atomic E-state index is 0.586. The molecule has 102 valence electrons. The summed E-state index contributed by atoms with van der Waals surface area (Å²) >= 11 is 1.61. The van der Waals surface area contributed by atoms with Crippen molar-refractivity contribution < 1.29 is 0 Å². The zero-order valence-electron chi connectivity index (χ0n) is 11.0. The molecule has 1 N–H and O–H groups in total. The average molecular weight is 286 g/mol. The van der Waals surface area contributed by atoms with Crippen molar-refractivity contribution in [2.24, 2.45) is 0 Å². The molecule has 20 heavy (non-hydrogen) atoms. The maximum absolute atomic E-state index is 4.38. The van der Waals surface area contributed by atoms with E-state index in [1.54, 1.807) is 16.1 Å². The van der Waals surface area contributed by atoms with Gasteiger partial charge in [-0.05, 0) is 12.1 Å². The smallest absolute Gasteiger partial charge is 0.204 e. The summed E-state index contributed by atoms with van der Waals surface area (Å²) in [6.45, 7) is 3.50. The summed E-state index contributed by atoms with van der Waals surface area (Å²) in [5.74, 6) is 0.641. The molecule has 0 radical (unpaired) electrons. The lowest BCUT2D eigenvalue weighted by atomic mass is 10.2. The quantitative estimate of drug-likeness (QED) is 0.779. The average Bonchev–Trinajstić information content (AvgIpc) is 3.11. The van der Waals surface area contributed by atoms with Crippen LogP contribution < -0.4 is 5.32 Å². The standard InChI is InChI=1S/C13H14N6S/c1-2-14-13-15-8-11(20-13)9-19-17-12(16-18-19)10-6-4-3-5-7-10/h3-8H,2,9H2,1H3,(H,14,15). The summed E-state index contributed by atoms with van der Waals surface area (Å²) < 4.78 is 0. The zero-order valence-corrected chi connectivity index (χ0v) is 11.8. The van der Waals surface area contributed by atoms with Crippen LogP contribution in [-0.4, -0.2) is 31.7 Å². The molecule has 0 aliphatic carbocycles. The summed E-state index contributed by atoms with van der Waals surface area (Å²) in [5, 5.41) is 16.6. The van der Waals surface area contributed by atoms with Crippen molar-refractivity contribution in [3.05, 3.63) is 41.4 Å². The molecule has 3 aromatic rings. The first-order valence-electron chi connectivity index (χ1n) is 6.37. The van der Waals surface area contributed by atoms with E-state index in [9.17, 15) is 0 Å². The van der Waals surface area contributed by atoms with Gasteiger partial charge >= 0.3 is 0 Å². The number of hydrogen-bond acceptors (Lipinski definition) is 6. The van der Waals surface area contributed by atoms with Gasteiger partial charge in [0, 0.05) is 23.2 Å². The molecule has 0 fully saturated rings. The van der Waals surface area contributed by atoms with Gasteiger partial charge in [-0.2, -0.15) is 4.80 Å². The van der Waals surface area contributed by atoms with Crippen molar-refractivity contribution in [2.75, 3.05) is 11.9 Å². The van der Waals surface area contributed by atoms with E-state index in [1.807, 2.05) is 43.5 Å². The van der Waals surface area contributed by atoms with Crippen LogP contribution in [0.2, 0.25) is 0 Å². The van der Waals surface area contributed by atoms with Crippen LogP contribution >= 0.6 is 11.3 Å². The molecule has 0 amide bonds. The van der Waals surface area contributed by atoms with Gasteiger partial charge in [0.25, 0.3) is 0 Å². The van der Waals surface area contributed by atoms with E-state index in [1.165, 1.54) is 0 Å². The van der Waals surface area contributed by atoms with Crippen LogP contribution in [-0.2, 0) is 6.54 Å². The van der Waals surface area contributed by atoms with Crippen molar-refractivity contribution in [2.45, 2.75) is 13.5 Å². The highest BCUT2D eigenvalue weighted by molar-refractivity contribution is 7.15. The van der Waals surface area contributed by atoms with Gasteiger partial charge in [0.05, 0.1) is 6.54 Å². The second-order valence-corrected chi connectivity index (χ2v) is 5.29. The van der Waals surface area contributed by atoms with Crippen LogP contribution in [0.5, 0.6) is 0 Å². The SMILES string of the molecule is CCNc1ncc(Cn2nnc(-c3ccccc3)n2)s1. The summed E-state index contributed by atoms with van der Waals surface area (Å²) in [5.41, 5.74) is 0.969. The maximum atomic E-state index is 4.38. The third-order valence-corrected chi connectivity index (χ3v) is 3.60. The largest absolute Gasteiger partial charge is 0.362 e. The van der Waals surface area contributed by atoms with Gasteiger partial charge in [0.1, 0.15) is 0 Å². The fourth-order valence-electron chi connectivity index (χ4n) is 1.77. The molecule has 3 rings (SSSR count). The minimum Gasteiger partial charge on any atom is -0.362 e. The molecule has 0 unspecified atom stereocenters. The number of hydrogen-bond donors (Lipinski definition) is 1. The molecule has 0 saturated carbocycles. The van der Waals surface area contributed by atoms with Crippen LogP contribution in [0.3, 0.4) is 0 Å². The number of aromatic nitrogens is 5. The third-order valence-electron chi connectivity index (χ3n) is 2.66. The van der Waals surface area contributed by atoms with Gasteiger partial charge in [0.15, 0.2) is 5.13 Å². The molecule has 6 nitrogen and oxygen atoms in total. The van der Waals surface area contributed by atoms with E-state index in [2.05, 4.69) is 25.7 Å². The lowest BCUT2D eigenvalue weighted by Crippen LogP contribution is -2.02. The van der Waals surface area contributed by atoms with Gasteiger partial charge in [0.2, 0.25) is 5.82 Å². The normalized spacial score (nSPS) is 10.7. The van der Waals surface area contributed by atoms with E-state index in [0.717, 1.165) is 22.1 Å². The first-order chi connectivity index (χ1) is 9.85. The van der Waals surface area contributed by atoms with E-state index < -0.39 is 0 Å². The van der Waals surface area contributed by atoms with Crippen LogP contribution in [0.4, 0.5) is 5.13 Å². The Morgan fingerprint density at radius 1 is 1.25 bits per heavy atom. The number of tetrazole rings is 1. The minimum atomic E-state index is 0.586. The molecule has 7 heteroatoms. The molecule has 2 aromatic heterocycles. The van der Waals surface area contributed by atoms with E-state index >= 15 is 0 Å². The first kappa shape index (κ1) is 12.7. The highest BCUT2D eigenvalue weighted by Crippen LogP contribution is 2.18. The van der Waals surface area contributed by atoms with Crippen molar-refractivity contribution in [1.82, 2.24) is 25.2 Å². The van der Waals surface area contributed by atoms with Crippen LogP contribution in [0, 0.1) is 0 Å². The number of benzene rings is 1. The second kappa shape index (κ2) is 5.79. The Kier molecular flexibility index (Phi) is 3.69. The van der Waals surface area contributed by atoms with Gasteiger partial charge < -0.3 is 5.32 Å². The van der Waals surface area contributed by atoms with Crippen molar-refractivity contribution >= 4 is 16.5 Å². The van der Waals surface area contributed by atoms with Crippen molar-refractivity contribution in [3.8, 4) is 11.4 Å². The summed E-state index contributed by atoms with van der Waals surface area (Å²) in [6.07, 6.45) is 1.84. The fraction of sp³-hybridized carbons (Fsp3) is 0.231. The van der Waals surface area contributed by atoms with Crippen molar-refractivity contribution in [1.29, 1.82) is 0 Å². The van der Waals surface area contributed by atoms with Gasteiger partial charge in [-0.1, -0.05) is 30.3 Å².